The summed E-state index contributed by atoms with van der Waals surface area (Å²) >= 11 is -1.83. The Morgan fingerprint density at radius 1 is 1.18 bits per heavy atom. The quantitative estimate of drug-likeness (QED) is 0.276. The van der Waals surface area contributed by atoms with Crippen molar-refractivity contribution in [1.82, 2.24) is 15.2 Å². The van der Waals surface area contributed by atoms with Crippen LogP contribution in [0.15, 0.2) is 41.4 Å². The number of ether oxygens (including phenoxy) is 2. The average Bonchev–Trinajstić information content (AvgIpc) is 3.21. The van der Waals surface area contributed by atoms with E-state index >= 15 is 0 Å². The van der Waals surface area contributed by atoms with Gasteiger partial charge in [-0.3, -0.25) is 0 Å². The Balaban J connectivity index is 1.59. The third kappa shape index (κ3) is 3.22. The molecule has 4 aromatic rings. The molecule has 172 valence electrons. The van der Waals surface area contributed by atoms with E-state index in [1.165, 1.54) is 10.7 Å². The molecule has 0 amide bonds. The van der Waals surface area contributed by atoms with Crippen molar-refractivity contribution >= 4 is 63.0 Å². The number of alkyl halides is 1. The molecule has 2 aromatic carbocycles. The Bertz CT molecular complexity index is 1510. The Morgan fingerprint density at radius 2 is 2.00 bits per heavy atom. The molecule has 0 radical (unpaired) electrons. The Kier molecular flexibility index (Phi) is 5.00. The zero-order chi connectivity index (χ0) is 22.7. The van der Waals surface area contributed by atoms with Crippen LogP contribution in [0.3, 0.4) is 0 Å². The van der Waals surface area contributed by atoms with Gasteiger partial charge in [0.05, 0.1) is 0 Å². The normalized spacial score (nSPS) is 17.6. The van der Waals surface area contributed by atoms with Crippen LogP contribution in [0.4, 0.5) is 11.5 Å². The van der Waals surface area contributed by atoms with E-state index < -0.39 is 34.9 Å². The minimum absolute atomic E-state index is 0.215. The van der Waals surface area contributed by atoms with Crippen LogP contribution in [-0.2, 0) is 14.6 Å². The molecule has 10 heteroatoms. The number of pyridine rings is 1. The van der Waals surface area contributed by atoms with Crippen LogP contribution < -0.4 is 10.1 Å². The summed E-state index contributed by atoms with van der Waals surface area (Å²) in [5.74, 6) is 1.09. The Labute approximate surface area is 198 Å². The molecule has 1 fully saturated rings. The van der Waals surface area contributed by atoms with Crippen LogP contribution in [0.2, 0.25) is 0 Å². The van der Waals surface area contributed by atoms with Gasteiger partial charge in [0.15, 0.2) is 0 Å². The van der Waals surface area contributed by atoms with Crippen LogP contribution in [0.25, 0.3) is 21.8 Å². The summed E-state index contributed by atoms with van der Waals surface area (Å²) in [6, 6.07) is 9.72. The van der Waals surface area contributed by atoms with Gasteiger partial charge < -0.3 is 0 Å². The van der Waals surface area contributed by atoms with Crippen LogP contribution in [-0.4, -0.2) is 54.1 Å². The molecular formula is C23H23IN4O4S. The van der Waals surface area contributed by atoms with E-state index in [4.69, 9.17) is 14.5 Å². The van der Waals surface area contributed by atoms with Gasteiger partial charge in [-0.25, -0.2) is 0 Å². The number of nitrogens with zero attached hydrogens (tertiary/aromatic N) is 2. The van der Waals surface area contributed by atoms with E-state index in [0.29, 0.717) is 37.3 Å². The number of methoxy groups -OCH3 is 1. The third-order valence-corrected chi connectivity index (χ3v) is 13.9. The SMILES string of the molecule is COc1cc2ncc3c(c2cc1S(=O)(=O)C1CCOCC1)Nc1n[nH]c2cccc(c12)I3C. The number of nitrogens with one attached hydrogen (secondary N) is 2. The van der Waals surface area contributed by atoms with Crippen LogP contribution in [0, 0.1) is 7.14 Å². The number of rotatable bonds is 3. The van der Waals surface area contributed by atoms with E-state index in [2.05, 4.69) is 32.6 Å². The first-order chi connectivity index (χ1) is 16.0. The fourth-order valence-electron chi connectivity index (χ4n) is 4.65. The summed E-state index contributed by atoms with van der Waals surface area (Å²) in [6.07, 6.45) is 2.90. The maximum absolute atomic E-state index is 13.6. The van der Waals surface area contributed by atoms with Gasteiger partial charge in [-0.1, -0.05) is 0 Å². The standard InChI is InChI=1S/C23H23IN4O4S/c1-24-15-4-3-5-17-21(15)23(28-27-17)26-22-14-10-20(33(29,30)13-6-8-32-9-7-13)19(31-2)11-18(14)25-12-16(22)24/h3-5,10-13H,6-9H2,1-2H3,(H2,26,27,28). The first-order valence-corrected chi connectivity index (χ1v) is 16.5. The van der Waals surface area contributed by atoms with Crippen molar-refractivity contribution in [2.45, 2.75) is 23.0 Å². The molecule has 8 nitrogen and oxygen atoms in total. The molecule has 33 heavy (non-hydrogen) atoms. The molecule has 2 aliphatic heterocycles. The Morgan fingerprint density at radius 3 is 2.79 bits per heavy atom. The van der Waals surface area contributed by atoms with Crippen molar-refractivity contribution in [1.29, 1.82) is 0 Å². The Hall–Kier alpha value is -2.44. The molecule has 0 saturated carbocycles. The zero-order valence-electron chi connectivity index (χ0n) is 18.2. The number of anilines is 2. The molecule has 6 rings (SSSR count). The van der Waals surface area contributed by atoms with Gasteiger partial charge in [-0.2, -0.15) is 0 Å². The predicted octanol–water partition coefficient (Wildman–Crippen LogP) is 4.31. The van der Waals surface area contributed by atoms with E-state index in [0.717, 1.165) is 31.4 Å². The van der Waals surface area contributed by atoms with Crippen molar-refractivity contribution in [3.63, 3.8) is 0 Å². The number of aromatic nitrogens is 3. The number of hydrogen-bond acceptors (Lipinski definition) is 7. The van der Waals surface area contributed by atoms with Gasteiger partial charge in [-0.15, -0.1) is 0 Å². The van der Waals surface area contributed by atoms with Crippen molar-refractivity contribution in [2.75, 3.05) is 30.6 Å². The molecule has 0 aliphatic carbocycles. The van der Waals surface area contributed by atoms with Crippen molar-refractivity contribution < 1.29 is 17.9 Å². The molecule has 4 heterocycles. The first-order valence-electron chi connectivity index (χ1n) is 10.7. The number of benzene rings is 2. The second kappa shape index (κ2) is 7.81. The second-order valence-corrected chi connectivity index (χ2v) is 15.4. The van der Waals surface area contributed by atoms with Crippen molar-refractivity contribution in [3.05, 3.63) is 43.7 Å². The molecule has 0 atom stereocenters. The number of aromatic amines is 1. The molecule has 0 spiro atoms. The summed E-state index contributed by atoms with van der Waals surface area (Å²) in [5.41, 5.74) is 2.57. The molecule has 0 bridgehead atoms. The fourth-order valence-corrected chi connectivity index (χ4v) is 11.0. The monoisotopic (exact) mass is 578 g/mol. The van der Waals surface area contributed by atoms with Crippen molar-refractivity contribution in [2.24, 2.45) is 0 Å². The van der Waals surface area contributed by atoms with Gasteiger partial charge in [0.25, 0.3) is 0 Å². The average molecular weight is 578 g/mol. The minimum atomic E-state index is -3.60. The van der Waals surface area contributed by atoms with Crippen molar-refractivity contribution in [3.8, 4) is 5.75 Å². The molecule has 2 aromatic heterocycles. The summed E-state index contributed by atoms with van der Waals surface area (Å²) < 4.78 is 40.6. The summed E-state index contributed by atoms with van der Waals surface area (Å²) in [6.45, 7) is 0.908. The number of halogens is 1. The number of H-pyrrole nitrogens is 1. The summed E-state index contributed by atoms with van der Waals surface area (Å²) in [5, 5.41) is 12.5. The number of sulfone groups is 1. The van der Waals surface area contributed by atoms with Crippen LogP contribution in [0.5, 0.6) is 5.75 Å². The molecule has 2 N–H and O–H groups in total. The second-order valence-electron chi connectivity index (χ2n) is 8.19. The predicted molar refractivity (Wildman–Crippen MR) is 136 cm³/mol. The molecule has 0 unspecified atom stereocenters. The number of fused-ring (bicyclic) bond motifs is 3. The van der Waals surface area contributed by atoms with E-state index in [1.54, 1.807) is 12.1 Å². The molecule has 1 saturated heterocycles. The van der Waals surface area contributed by atoms with Gasteiger partial charge in [0.1, 0.15) is 0 Å². The van der Waals surface area contributed by atoms with Gasteiger partial charge >= 0.3 is 199 Å². The van der Waals surface area contributed by atoms with Crippen LogP contribution in [0.1, 0.15) is 12.8 Å². The summed E-state index contributed by atoms with van der Waals surface area (Å²) in [7, 11) is -2.10. The molecule has 2 aliphatic rings. The maximum atomic E-state index is 13.6. The van der Waals surface area contributed by atoms with E-state index in [-0.39, 0.29) is 4.90 Å². The topological polar surface area (TPSA) is 106 Å². The first kappa shape index (κ1) is 21.1. The summed E-state index contributed by atoms with van der Waals surface area (Å²) in [4.78, 5) is 7.22. The fraction of sp³-hybridized carbons (Fsp3) is 0.304. The van der Waals surface area contributed by atoms with Gasteiger partial charge in [0.2, 0.25) is 0 Å². The number of hydrogen-bond donors (Lipinski definition) is 2. The zero-order valence-corrected chi connectivity index (χ0v) is 21.2. The third-order valence-electron chi connectivity index (χ3n) is 6.41. The van der Waals surface area contributed by atoms with Gasteiger partial charge in [0, 0.05) is 0 Å². The van der Waals surface area contributed by atoms with Crippen LogP contribution >= 0.6 is 19.8 Å². The van der Waals surface area contributed by atoms with E-state index in [1.807, 2.05) is 12.3 Å². The molecular weight excluding hydrogens is 555 g/mol. The van der Waals surface area contributed by atoms with Gasteiger partial charge in [-0.05, 0) is 0 Å². The van der Waals surface area contributed by atoms with E-state index in [9.17, 15) is 8.42 Å².